The molecule has 0 aromatic heterocycles. The number of sulfone groups is 1. The van der Waals surface area contributed by atoms with Crippen molar-refractivity contribution in [2.75, 3.05) is 25.2 Å². The Morgan fingerprint density at radius 3 is 2.52 bits per heavy atom. The van der Waals surface area contributed by atoms with E-state index in [9.17, 15) is 8.42 Å². The largest absolute Gasteiger partial charge is 0.496 e. The predicted octanol–water partition coefficient (Wildman–Crippen LogP) is 2.95. The van der Waals surface area contributed by atoms with Crippen LogP contribution >= 0.6 is 0 Å². The fraction of sp³-hybridized carbons (Fsp3) is 0.625. The molecule has 5 heteroatoms. The predicted molar refractivity (Wildman–Crippen MR) is 87.6 cm³/mol. The molecule has 120 valence electrons. The van der Waals surface area contributed by atoms with Gasteiger partial charge in [0.25, 0.3) is 0 Å². The molecule has 0 fully saturated rings. The quantitative estimate of drug-likeness (QED) is 0.721. The van der Waals surface area contributed by atoms with Gasteiger partial charge < -0.3 is 10.1 Å². The molecule has 0 spiro atoms. The van der Waals surface area contributed by atoms with Crippen LogP contribution in [0.4, 0.5) is 0 Å². The summed E-state index contributed by atoms with van der Waals surface area (Å²) in [4.78, 5) is 0. The van der Waals surface area contributed by atoms with E-state index < -0.39 is 9.84 Å². The molecule has 0 radical (unpaired) electrons. The zero-order valence-corrected chi connectivity index (χ0v) is 14.1. The zero-order valence-electron chi connectivity index (χ0n) is 13.3. The standard InChI is InChI=1S/C16H27NO3S/c1-4-6-12-21(18,19)13-15(17-11-5-2)14-9-7-8-10-16(14)20-3/h7-10,15,17H,4-6,11-13H2,1-3H3. The highest BCUT2D eigenvalue weighted by Gasteiger charge is 2.22. The van der Waals surface area contributed by atoms with Crippen LogP contribution < -0.4 is 10.1 Å². The van der Waals surface area contributed by atoms with Crippen molar-refractivity contribution in [3.63, 3.8) is 0 Å². The number of hydrogen-bond acceptors (Lipinski definition) is 4. The van der Waals surface area contributed by atoms with E-state index >= 15 is 0 Å². The van der Waals surface area contributed by atoms with Gasteiger partial charge in [-0.3, -0.25) is 0 Å². The SMILES string of the molecule is CCCCS(=O)(=O)CC(NCCC)c1ccccc1OC. The minimum absolute atomic E-state index is 0.118. The second-order valence-electron chi connectivity index (χ2n) is 5.22. The van der Waals surface area contributed by atoms with Crippen molar-refractivity contribution in [1.82, 2.24) is 5.32 Å². The monoisotopic (exact) mass is 313 g/mol. The number of hydrogen-bond donors (Lipinski definition) is 1. The van der Waals surface area contributed by atoms with Gasteiger partial charge in [0.2, 0.25) is 0 Å². The van der Waals surface area contributed by atoms with Crippen LogP contribution in [-0.4, -0.2) is 33.6 Å². The highest BCUT2D eigenvalue weighted by Crippen LogP contribution is 2.26. The second-order valence-corrected chi connectivity index (χ2v) is 7.45. The normalized spacial score (nSPS) is 13.1. The third-order valence-corrected chi connectivity index (χ3v) is 5.14. The molecule has 21 heavy (non-hydrogen) atoms. The molecule has 4 nitrogen and oxygen atoms in total. The molecule has 0 saturated carbocycles. The lowest BCUT2D eigenvalue weighted by Crippen LogP contribution is -2.30. The second kappa shape index (κ2) is 9.05. The van der Waals surface area contributed by atoms with Crippen molar-refractivity contribution in [3.05, 3.63) is 29.8 Å². The average molecular weight is 313 g/mol. The van der Waals surface area contributed by atoms with E-state index in [-0.39, 0.29) is 17.5 Å². The molecule has 1 aromatic carbocycles. The number of nitrogens with one attached hydrogen (secondary N) is 1. The Balaban J connectivity index is 2.95. The Hall–Kier alpha value is -1.07. The van der Waals surface area contributed by atoms with E-state index in [1.54, 1.807) is 7.11 Å². The number of unbranched alkanes of at least 4 members (excludes halogenated alkanes) is 1. The lowest BCUT2D eigenvalue weighted by atomic mass is 10.1. The molecule has 1 atom stereocenters. The number of methoxy groups -OCH3 is 1. The molecule has 0 saturated heterocycles. The lowest BCUT2D eigenvalue weighted by Gasteiger charge is -2.21. The third-order valence-electron chi connectivity index (χ3n) is 3.38. The van der Waals surface area contributed by atoms with Crippen LogP contribution in [-0.2, 0) is 9.84 Å². The van der Waals surface area contributed by atoms with Gasteiger partial charge in [0.05, 0.1) is 18.6 Å². The van der Waals surface area contributed by atoms with E-state index in [0.29, 0.717) is 0 Å². The number of para-hydroxylation sites is 1. The highest BCUT2D eigenvalue weighted by molar-refractivity contribution is 7.91. The number of benzene rings is 1. The maximum absolute atomic E-state index is 12.3. The Labute approximate surface area is 128 Å². The molecule has 0 heterocycles. The molecule has 1 rings (SSSR count). The van der Waals surface area contributed by atoms with Gasteiger partial charge in [-0.1, -0.05) is 38.5 Å². The fourth-order valence-electron chi connectivity index (χ4n) is 2.23. The first kappa shape index (κ1) is 18.0. The Morgan fingerprint density at radius 1 is 1.19 bits per heavy atom. The summed E-state index contributed by atoms with van der Waals surface area (Å²) in [6.07, 6.45) is 2.57. The summed E-state index contributed by atoms with van der Waals surface area (Å²) in [7, 11) is -1.45. The molecule has 1 N–H and O–H groups in total. The van der Waals surface area contributed by atoms with Gasteiger partial charge in [0.15, 0.2) is 9.84 Å². The Morgan fingerprint density at radius 2 is 1.90 bits per heavy atom. The molecular weight excluding hydrogens is 286 g/mol. The highest BCUT2D eigenvalue weighted by atomic mass is 32.2. The van der Waals surface area contributed by atoms with E-state index in [0.717, 1.165) is 37.1 Å². The molecule has 0 bridgehead atoms. The molecule has 0 aliphatic carbocycles. The molecule has 1 aromatic rings. The minimum Gasteiger partial charge on any atom is -0.496 e. The van der Waals surface area contributed by atoms with Crippen molar-refractivity contribution < 1.29 is 13.2 Å². The van der Waals surface area contributed by atoms with Crippen LogP contribution in [0, 0.1) is 0 Å². The van der Waals surface area contributed by atoms with Crippen LogP contribution in [0.1, 0.15) is 44.7 Å². The summed E-state index contributed by atoms with van der Waals surface area (Å²) in [6, 6.07) is 7.39. The molecule has 0 aliphatic rings. The third kappa shape index (κ3) is 6.06. The van der Waals surface area contributed by atoms with Gasteiger partial charge in [0, 0.05) is 11.6 Å². The summed E-state index contributed by atoms with van der Waals surface area (Å²) < 4.78 is 29.9. The van der Waals surface area contributed by atoms with Crippen LogP contribution in [0.5, 0.6) is 5.75 Å². The zero-order chi connectivity index (χ0) is 15.7. The first-order chi connectivity index (χ1) is 10.0. The number of rotatable bonds is 10. The maximum atomic E-state index is 12.3. The maximum Gasteiger partial charge on any atom is 0.152 e. The van der Waals surface area contributed by atoms with Crippen molar-refractivity contribution in [2.24, 2.45) is 0 Å². The average Bonchev–Trinajstić information content (AvgIpc) is 2.49. The van der Waals surface area contributed by atoms with E-state index in [4.69, 9.17) is 4.74 Å². The molecular formula is C16H27NO3S. The van der Waals surface area contributed by atoms with E-state index in [1.165, 1.54) is 0 Å². The van der Waals surface area contributed by atoms with Gasteiger partial charge in [-0.2, -0.15) is 0 Å². The van der Waals surface area contributed by atoms with Gasteiger partial charge in [-0.25, -0.2) is 8.42 Å². The van der Waals surface area contributed by atoms with Crippen LogP contribution in [0.2, 0.25) is 0 Å². The van der Waals surface area contributed by atoms with E-state index in [2.05, 4.69) is 12.2 Å². The summed E-state index contributed by atoms with van der Waals surface area (Å²) in [6.45, 7) is 4.85. The van der Waals surface area contributed by atoms with Crippen molar-refractivity contribution in [1.29, 1.82) is 0 Å². The first-order valence-electron chi connectivity index (χ1n) is 7.60. The summed E-state index contributed by atoms with van der Waals surface area (Å²) in [5.74, 6) is 1.10. The first-order valence-corrected chi connectivity index (χ1v) is 9.43. The molecule has 1 unspecified atom stereocenters. The van der Waals surface area contributed by atoms with Gasteiger partial charge in [0.1, 0.15) is 5.75 Å². The van der Waals surface area contributed by atoms with Crippen molar-refractivity contribution >= 4 is 9.84 Å². The minimum atomic E-state index is -3.06. The topological polar surface area (TPSA) is 55.4 Å². The summed E-state index contributed by atoms with van der Waals surface area (Å²) >= 11 is 0. The molecule has 0 aliphatic heterocycles. The summed E-state index contributed by atoms with van der Waals surface area (Å²) in [5, 5.41) is 3.33. The Kier molecular flexibility index (Phi) is 7.75. The van der Waals surface area contributed by atoms with Crippen LogP contribution in [0.15, 0.2) is 24.3 Å². The van der Waals surface area contributed by atoms with Gasteiger partial charge >= 0.3 is 0 Å². The smallest absolute Gasteiger partial charge is 0.152 e. The van der Waals surface area contributed by atoms with Crippen molar-refractivity contribution in [2.45, 2.75) is 39.2 Å². The number of ether oxygens (including phenoxy) is 1. The van der Waals surface area contributed by atoms with Crippen molar-refractivity contribution in [3.8, 4) is 5.75 Å². The fourth-order valence-corrected chi connectivity index (χ4v) is 3.93. The van der Waals surface area contributed by atoms with Gasteiger partial charge in [-0.15, -0.1) is 0 Å². The lowest BCUT2D eigenvalue weighted by molar-refractivity contribution is 0.401. The summed E-state index contributed by atoms with van der Waals surface area (Å²) in [5.41, 5.74) is 0.911. The van der Waals surface area contributed by atoms with Crippen LogP contribution in [0.25, 0.3) is 0 Å². The van der Waals surface area contributed by atoms with E-state index in [1.807, 2.05) is 31.2 Å². The van der Waals surface area contributed by atoms with Crippen LogP contribution in [0.3, 0.4) is 0 Å². The molecule has 0 amide bonds. The Bertz CT molecular complexity index is 514. The van der Waals surface area contributed by atoms with Gasteiger partial charge in [-0.05, 0) is 25.5 Å².